The number of carbonyl (C=O) groups is 1. The van der Waals surface area contributed by atoms with E-state index in [2.05, 4.69) is 9.97 Å². The van der Waals surface area contributed by atoms with Gasteiger partial charge in [-0.15, -0.1) is 11.3 Å². The van der Waals surface area contributed by atoms with Crippen LogP contribution in [0.5, 0.6) is 5.75 Å². The zero-order valence-electron chi connectivity index (χ0n) is 17.3. The molecule has 3 rings (SSSR count). The summed E-state index contributed by atoms with van der Waals surface area (Å²) in [6.45, 7) is 1.26. The lowest BCUT2D eigenvalue weighted by Crippen LogP contribution is -2.29. The topological polar surface area (TPSA) is 75.5 Å². The van der Waals surface area contributed by atoms with Crippen LogP contribution >= 0.6 is 11.3 Å². The zero-order chi connectivity index (χ0) is 23.1. The molecular weight excluding hydrogens is 443 g/mol. The molecule has 2 aromatic heterocycles. The number of aliphatic hydroxyl groups excluding tert-OH is 1. The summed E-state index contributed by atoms with van der Waals surface area (Å²) in [5.74, 6) is -1.11. The second-order valence-corrected chi connectivity index (χ2v) is 7.71. The van der Waals surface area contributed by atoms with Crippen LogP contribution in [0, 0.1) is 0 Å². The van der Waals surface area contributed by atoms with E-state index < -0.39 is 24.3 Å². The normalized spacial score (nSPS) is 11.4. The largest absolute Gasteiger partial charge is 0.493 e. The summed E-state index contributed by atoms with van der Waals surface area (Å²) in [6, 6.07) is 6.88. The van der Waals surface area contributed by atoms with Gasteiger partial charge in [0.2, 0.25) is 0 Å². The fraction of sp³-hybridized carbons (Fsp3) is 0.318. The molecule has 3 aromatic rings. The molecule has 0 aliphatic rings. The maximum Gasteiger partial charge on any atom is 0.420 e. The van der Waals surface area contributed by atoms with Crippen LogP contribution in [0.3, 0.4) is 0 Å². The van der Waals surface area contributed by atoms with Crippen molar-refractivity contribution >= 4 is 28.1 Å². The van der Waals surface area contributed by atoms with Gasteiger partial charge in [-0.2, -0.15) is 13.2 Å². The molecule has 0 aliphatic heterocycles. The van der Waals surface area contributed by atoms with E-state index in [-0.39, 0.29) is 23.2 Å². The highest BCUT2D eigenvalue weighted by Crippen LogP contribution is 2.41. The Kier molecular flexibility index (Phi) is 7.81. The van der Waals surface area contributed by atoms with Gasteiger partial charge in [0, 0.05) is 23.3 Å². The van der Waals surface area contributed by atoms with E-state index in [9.17, 15) is 23.1 Å². The molecular formula is C22H22F3N3O3S. The molecule has 0 bridgehead atoms. The second-order valence-electron chi connectivity index (χ2n) is 6.88. The van der Waals surface area contributed by atoms with Gasteiger partial charge in [-0.1, -0.05) is 19.8 Å². The standard InChI is InChI=1S/C22H22F3N3O3S/c1-2-3-4-10-31-19-8-7-16(11-17(19)22(23,24)25)28(20(30)13-29)21-27-18(14-32-21)15-6-5-9-26-12-15/h5-9,11-12,14,29H,2-4,10,13H2,1H3. The fourth-order valence-electron chi connectivity index (χ4n) is 2.98. The van der Waals surface area contributed by atoms with Crippen molar-refractivity contribution < 1.29 is 27.8 Å². The number of pyridine rings is 1. The van der Waals surface area contributed by atoms with Crippen LogP contribution in [0.4, 0.5) is 24.0 Å². The summed E-state index contributed by atoms with van der Waals surface area (Å²) in [5.41, 5.74) is 0.148. The Hall–Kier alpha value is -2.98. The van der Waals surface area contributed by atoms with Gasteiger partial charge < -0.3 is 9.84 Å². The van der Waals surface area contributed by atoms with Crippen molar-refractivity contribution in [1.82, 2.24) is 9.97 Å². The number of hydrogen-bond donors (Lipinski definition) is 1. The summed E-state index contributed by atoms with van der Waals surface area (Å²) in [6.07, 6.45) is 0.907. The number of ether oxygens (including phenoxy) is 1. The third kappa shape index (κ3) is 5.63. The smallest absolute Gasteiger partial charge is 0.420 e. The van der Waals surface area contributed by atoms with Gasteiger partial charge in [-0.3, -0.25) is 14.7 Å². The molecule has 0 spiro atoms. The van der Waals surface area contributed by atoms with Crippen LogP contribution in [0.2, 0.25) is 0 Å². The third-order valence-electron chi connectivity index (χ3n) is 4.56. The van der Waals surface area contributed by atoms with Crippen molar-refractivity contribution in [3.8, 4) is 17.0 Å². The minimum atomic E-state index is -4.69. The predicted molar refractivity (Wildman–Crippen MR) is 116 cm³/mol. The van der Waals surface area contributed by atoms with E-state index in [1.165, 1.54) is 12.1 Å². The van der Waals surface area contributed by atoms with Crippen molar-refractivity contribution in [3.63, 3.8) is 0 Å². The number of benzene rings is 1. The van der Waals surface area contributed by atoms with E-state index in [0.29, 0.717) is 17.7 Å². The Balaban J connectivity index is 1.97. The van der Waals surface area contributed by atoms with E-state index in [0.717, 1.165) is 35.1 Å². The van der Waals surface area contributed by atoms with E-state index >= 15 is 0 Å². The van der Waals surface area contributed by atoms with Gasteiger partial charge in [0.05, 0.1) is 23.6 Å². The number of alkyl halides is 3. The van der Waals surface area contributed by atoms with Gasteiger partial charge in [0.25, 0.3) is 5.91 Å². The van der Waals surface area contributed by atoms with Crippen LogP contribution in [-0.4, -0.2) is 34.2 Å². The Morgan fingerprint density at radius 2 is 2.06 bits per heavy atom. The molecule has 1 amide bonds. The number of aliphatic hydroxyl groups is 1. The molecule has 1 aromatic carbocycles. The van der Waals surface area contributed by atoms with Crippen LogP contribution < -0.4 is 9.64 Å². The number of halogens is 3. The van der Waals surface area contributed by atoms with Gasteiger partial charge in [0.15, 0.2) is 5.13 Å². The fourth-order valence-corrected chi connectivity index (χ4v) is 3.85. The average molecular weight is 465 g/mol. The molecule has 170 valence electrons. The molecule has 0 saturated heterocycles. The van der Waals surface area contributed by atoms with E-state index in [4.69, 9.17) is 4.74 Å². The summed E-state index contributed by atoms with van der Waals surface area (Å²) < 4.78 is 46.5. The van der Waals surface area contributed by atoms with E-state index in [1.807, 2.05) is 6.92 Å². The summed E-state index contributed by atoms with van der Waals surface area (Å²) in [7, 11) is 0. The van der Waals surface area contributed by atoms with Crippen molar-refractivity contribution in [2.45, 2.75) is 32.4 Å². The number of nitrogens with zero attached hydrogens (tertiary/aromatic N) is 3. The van der Waals surface area contributed by atoms with Crippen LogP contribution in [0.1, 0.15) is 31.7 Å². The minimum absolute atomic E-state index is 0.0654. The first-order valence-electron chi connectivity index (χ1n) is 9.99. The van der Waals surface area contributed by atoms with Crippen molar-refractivity contribution in [1.29, 1.82) is 0 Å². The summed E-state index contributed by atoms with van der Waals surface area (Å²) in [4.78, 5) is 21.8. The lowest BCUT2D eigenvalue weighted by Gasteiger charge is -2.22. The maximum atomic E-state index is 13.7. The molecule has 10 heteroatoms. The highest BCUT2D eigenvalue weighted by molar-refractivity contribution is 7.14. The van der Waals surface area contributed by atoms with E-state index in [1.54, 1.807) is 29.9 Å². The molecule has 32 heavy (non-hydrogen) atoms. The average Bonchev–Trinajstić information content (AvgIpc) is 3.27. The first-order chi connectivity index (χ1) is 15.3. The number of hydrogen-bond acceptors (Lipinski definition) is 6. The number of thiazole rings is 1. The highest BCUT2D eigenvalue weighted by Gasteiger charge is 2.36. The van der Waals surface area contributed by atoms with Crippen molar-refractivity contribution in [2.75, 3.05) is 18.1 Å². The van der Waals surface area contributed by atoms with Gasteiger partial charge in [-0.05, 0) is 36.8 Å². The second kappa shape index (κ2) is 10.6. The Morgan fingerprint density at radius 3 is 2.72 bits per heavy atom. The number of aromatic nitrogens is 2. The molecule has 6 nitrogen and oxygen atoms in total. The molecule has 0 aliphatic carbocycles. The van der Waals surface area contributed by atoms with Gasteiger partial charge in [0.1, 0.15) is 12.4 Å². The van der Waals surface area contributed by atoms with Crippen molar-refractivity contribution in [3.05, 3.63) is 53.7 Å². The van der Waals surface area contributed by atoms with Crippen molar-refractivity contribution in [2.24, 2.45) is 0 Å². The molecule has 0 unspecified atom stereocenters. The molecule has 0 radical (unpaired) electrons. The maximum absolute atomic E-state index is 13.7. The lowest BCUT2D eigenvalue weighted by molar-refractivity contribution is -0.139. The predicted octanol–water partition coefficient (Wildman–Crippen LogP) is 5.45. The first kappa shape index (κ1) is 23.7. The molecule has 2 heterocycles. The zero-order valence-corrected chi connectivity index (χ0v) is 18.1. The van der Waals surface area contributed by atoms with Crippen LogP contribution in [0.15, 0.2) is 48.1 Å². The number of unbranched alkanes of at least 4 members (excludes halogenated alkanes) is 2. The monoisotopic (exact) mass is 465 g/mol. The summed E-state index contributed by atoms with van der Waals surface area (Å²) >= 11 is 1.07. The van der Waals surface area contributed by atoms with Gasteiger partial charge in [-0.25, -0.2) is 4.98 Å². The summed E-state index contributed by atoms with van der Waals surface area (Å²) in [5, 5.41) is 11.2. The molecule has 0 saturated carbocycles. The lowest BCUT2D eigenvalue weighted by atomic mass is 10.1. The molecule has 0 fully saturated rings. The Morgan fingerprint density at radius 1 is 1.25 bits per heavy atom. The quantitative estimate of drug-likeness (QED) is 0.426. The minimum Gasteiger partial charge on any atom is -0.493 e. The Bertz CT molecular complexity index is 1040. The Labute approximate surface area is 187 Å². The number of rotatable bonds is 9. The van der Waals surface area contributed by atoms with Crippen LogP contribution in [-0.2, 0) is 11.0 Å². The number of carbonyl (C=O) groups excluding carboxylic acids is 1. The third-order valence-corrected chi connectivity index (χ3v) is 5.38. The van der Waals surface area contributed by atoms with Gasteiger partial charge >= 0.3 is 6.18 Å². The van der Waals surface area contributed by atoms with Crippen LogP contribution in [0.25, 0.3) is 11.3 Å². The first-order valence-corrected chi connectivity index (χ1v) is 10.9. The molecule has 0 atom stereocenters. The highest BCUT2D eigenvalue weighted by atomic mass is 32.1. The number of anilines is 2. The molecule has 1 N–H and O–H groups in total. The number of amides is 1. The SMILES string of the molecule is CCCCCOc1ccc(N(C(=O)CO)c2nc(-c3cccnc3)cs2)cc1C(F)(F)F.